The Labute approximate surface area is 138 Å². The van der Waals surface area contributed by atoms with Gasteiger partial charge in [0.25, 0.3) is 0 Å². The van der Waals surface area contributed by atoms with Crippen molar-refractivity contribution < 1.29 is 9.47 Å². The number of ether oxygens (including phenoxy) is 2. The fourth-order valence-electron chi connectivity index (χ4n) is 1.92. The van der Waals surface area contributed by atoms with Crippen LogP contribution in [0, 0.1) is 0 Å². The van der Waals surface area contributed by atoms with Gasteiger partial charge in [-0.05, 0) is 37.5 Å². The van der Waals surface area contributed by atoms with E-state index in [1.807, 2.05) is 25.1 Å². The molecule has 0 radical (unpaired) electrons. The Morgan fingerprint density at radius 2 is 2.05 bits per heavy atom. The smallest absolute Gasteiger partial charge is 0.190 e. The predicted octanol–water partition coefficient (Wildman–Crippen LogP) is 2.48. The van der Waals surface area contributed by atoms with Crippen LogP contribution in [0.25, 0.3) is 0 Å². The van der Waals surface area contributed by atoms with E-state index in [1.54, 1.807) is 14.2 Å². The fourth-order valence-corrected chi connectivity index (χ4v) is 2.18. The van der Waals surface area contributed by atoms with Crippen LogP contribution in [0.4, 0.5) is 0 Å². The molecule has 0 fully saturated rings. The van der Waals surface area contributed by atoms with Gasteiger partial charge in [0.1, 0.15) is 5.75 Å². The Kier molecular flexibility index (Phi) is 9.42. The first-order valence-corrected chi connectivity index (χ1v) is 7.93. The zero-order chi connectivity index (χ0) is 16.2. The van der Waals surface area contributed by atoms with Crippen molar-refractivity contribution in [3.8, 4) is 5.75 Å². The van der Waals surface area contributed by atoms with Crippen molar-refractivity contribution in [2.75, 3.05) is 40.5 Å². The van der Waals surface area contributed by atoms with E-state index in [-0.39, 0.29) is 0 Å². The molecule has 124 valence electrons. The van der Waals surface area contributed by atoms with E-state index < -0.39 is 0 Å². The molecule has 0 unspecified atom stereocenters. The van der Waals surface area contributed by atoms with Crippen molar-refractivity contribution in [1.82, 2.24) is 10.6 Å². The first-order valence-electron chi connectivity index (χ1n) is 7.56. The number of nitrogens with one attached hydrogen (secondary N) is 2. The summed E-state index contributed by atoms with van der Waals surface area (Å²) in [4.78, 5) is 4.19. The molecule has 0 bridgehead atoms. The molecule has 0 spiro atoms. The fraction of sp³-hybridized carbons (Fsp3) is 0.562. The Morgan fingerprint density at radius 1 is 1.27 bits per heavy atom. The van der Waals surface area contributed by atoms with E-state index in [1.165, 1.54) is 0 Å². The molecule has 0 atom stereocenters. The number of aliphatic imine (C=N–C) groups is 1. The van der Waals surface area contributed by atoms with Gasteiger partial charge in [-0.2, -0.15) is 0 Å². The second-order valence-corrected chi connectivity index (χ2v) is 5.09. The molecule has 0 aliphatic rings. The molecule has 22 heavy (non-hydrogen) atoms. The maximum atomic E-state index is 6.22. The Bertz CT molecular complexity index is 467. The quantitative estimate of drug-likeness (QED) is 0.415. The lowest BCUT2D eigenvalue weighted by molar-refractivity contribution is 0.145. The van der Waals surface area contributed by atoms with Gasteiger partial charge in [0.05, 0.1) is 7.11 Å². The first kappa shape index (κ1) is 18.6. The summed E-state index contributed by atoms with van der Waals surface area (Å²) in [6.45, 7) is 5.12. The second-order valence-electron chi connectivity index (χ2n) is 4.68. The summed E-state index contributed by atoms with van der Waals surface area (Å²) in [5.74, 6) is 1.56. The molecule has 1 rings (SSSR count). The molecule has 0 aliphatic carbocycles. The van der Waals surface area contributed by atoms with Gasteiger partial charge < -0.3 is 20.1 Å². The van der Waals surface area contributed by atoms with Crippen molar-refractivity contribution in [1.29, 1.82) is 0 Å². The number of methoxy groups -OCH3 is 1. The van der Waals surface area contributed by atoms with E-state index >= 15 is 0 Å². The van der Waals surface area contributed by atoms with Crippen molar-refractivity contribution >= 4 is 17.6 Å². The normalized spacial score (nSPS) is 11.4. The number of guanidine groups is 1. The van der Waals surface area contributed by atoms with Crippen molar-refractivity contribution in [2.45, 2.75) is 19.8 Å². The average molecular weight is 328 g/mol. The van der Waals surface area contributed by atoms with Crippen molar-refractivity contribution in [2.24, 2.45) is 4.99 Å². The second kappa shape index (κ2) is 11.2. The molecule has 0 heterocycles. The molecular formula is C16H26ClN3O2. The van der Waals surface area contributed by atoms with Crippen LogP contribution in [0.2, 0.25) is 5.02 Å². The van der Waals surface area contributed by atoms with E-state index in [0.717, 1.165) is 61.4 Å². The molecule has 1 aromatic carbocycles. The van der Waals surface area contributed by atoms with Gasteiger partial charge in [0, 0.05) is 38.4 Å². The Hall–Kier alpha value is -1.46. The molecule has 1 aromatic rings. The highest BCUT2D eigenvalue weighted by atomic mass is 35.5. The van der Waals surface area contributed by atoms with E-state index in [4.69, 9.17) is 21.1 Å². The van der Waals surface area contributed by atoms with Crippen LogP contribution in [-0.2, 0) is 11.2 Å². The van der Waals surface area contributed by atoms with Crippen LogP contribution in [0.5, 0.6) is 5.75 Å². The van der Waals surface area contributed by atoms with Gasteiger partial charge in [-0.1, -0.05) is 17.7 Å². The monoisotopic (exact) mass is 327 g/mol. The third-order valence-electron chi connectivity index (χ3n) is 3.13. The average Bonchev–Trinajstić information content (AvgIpc) is 2.54. The maximum absolute atomic E-state index is 6.22. The highest BCUT2D eigenvalue weighted by molar-refractivity contribution is 6.31. The lowest BCUT2D eigenvalue weighted by Gasteiger charge is -2.12. The van der Waals surface area contributed by atoms with Crippen molar-refractivity contribution in [3.05, 3.63) is 28.8 Å². The maximum Gasteiger partial charge on any atom is 0.190 e. The summed E-state index contributed by atoms with van der Waals surface area (Å²) in [6.07, 6.45) is 1.78. The summed E-state index contributed by atoms with van der Waals surface area (Å²) in [6, 6.07) is 5.74. The minimum absolute atomic E-state index is 0.723. The largest absolute Gasteiger partial charge is 0.497 e. The minimum atomic E-state index is 0.723. The zero-order valence-electron chi connectivity index (χ0n) is 13.6. The topological polar surface area (TPSA) is 54.9 Å². The van der Waals surface area contributed by atoms with Gasteiger partial charge >= 0.3 is 0 Å². The summed E-state index contributed by atoms with van der Waals surface area (Å²) in [5.41, 5.74) is 1.08. The molecule has 0 amide bonds. The van der Waals surface area contributed by atoms with Gasteiger partial charge in [0.15, 0.2) is 5.96 Å². The number of halogens is 1. The number of rotatable bonds is 9. The van der Waals surface area contributed by atoms with Crippen LogP contribution in [0.15, 0.2) is 23.2 Å². The standard InChI is InChI=1S/C16H26ClN3O2/c1-4-22-11-5-9-19-16(18-2)20-10-8-13-6-7-14(21-3)12-15(13)17/h6-7,12H,4-5,8-11H2,1-3H3,(H2,18,19,20). The van der Waals surface area contributed by atoms with Crippen LogP contribution < -0.4 is 15.4 Å². The third kappa shape index (κ3) is 7.00. The first-order chi connectivity index (χ1) is 10.7. The lowest BCUT2D eigenvalue weighted by atomic mass is 10.1. The molecular weight excluding hydrogens is 302 g/mol. The van der Waals surface area contributed by atoms with E-state index in [0.29, 0.717) is 0 Å². The van der Waals surface area contributed by atoms with E-state index in [2.05, 4.69) is 15.6 Å². The lowest BCUT2D eigenvalue weighted by Crippen LogP contribution is -2.39. The number of benzene rings is 1. The summed E-state index contributed by atoms with van der Waals surface area (Å²) >= 11 is 6.22. The summed E-state index contributed by atoms with van der Waals surface area (Å²) in [5, 5.41) is 7.25. The highest BCUT2D eigenvalue weighted by Gasteiger charge is 2.03. The van der Waals surface area contributed by atoms with Gasteiger partial charge in [0.2, 0.25) is 0 Å². The minimum Gasteiger partial charge on any atom is -0.497 e. The van der Waals surface area contributed by atoms with Crippen LogP contribution in [-0.4, -0.2) is 46.4 Å². The zero-order valence-corrected chi connectivity index (χ0v) is 14.4. The summed E-state index contributed by atoms with van der Waals surface area (Å²) in [7, 11) is 3.40. The molecule has 6 heteroatoms. The van der Waals surface area contributed by atoms with Gasteiger partial charge in [-0.25, -0.2) is 0 Å². The van der Waals surface area contributed by atoms with Crippen LogP contribution >= 0.6 is 11.6 Å². The van der Waals surface area contributed by atoms with Crippen LogP contribution in [0.1, 0.15) is 18.9 Å². The molecule has 0 aliphatic heterocycles. The molecule has 5 nitrogen and oxygen atoms in total. The highest BCUT2D eigenvalue weighted by Crippen LogP contribution is 2.22. The predicted molar refractivity (Wildman–Crippen MR) is 92.2 cm³/mol. The molecule has 0 aromatic heterocycles. The van der Waals surface area contributed by atoms with Gasteiger partial charge in [-0.3, -0.25) is 4.99 Å². The number of hydrogen-bond donors (Lipinski definition) is 2. The Morgan fingerprint density at radius 3 is 2.68 bits per heavy atom. The summed E-state index contributed by atoms with van der Waals surface area (Å²) < 4.78 is 10.4. The molecule has 0 saturated heterocycles. The van der Waals surface area contributed by atoms with Gasteiger partial charge in [-0.15, -0.1) is 0 Å². The molecule has 0 saturated carbocycles. The number of hydrogen-bond acceptors (Lipinski definition) is 3. The van der Waals surface area contributed by atoms with E-state index in [9.17, 15) is 0 Å². The van der Waals surface area contributed by atoms with Crippen molar-refractivity contribution in [3.63, 3.8) is 0 Å². The SMILES string of the molecule is CCOCCCNC(=NC)NCCc1ccc(OC)cc1Cl. The Balaban J connectivity index is 2.29. The third-order valence-corrected chi connectivity index (χ3v) is 3.48. The number of nitrogens with zero attached hydrogens (tertiary/aromatic N) is 1. The van der Waals surface area contributed by atoms with Crippen LogP contribution in [0.3, 0.4) is 0 Å². The molecule has 2 N–H and O–H groups in total.